The van der Waals surface area contributed by atoms with Gasteiger partial charge < -0.3 is 30.2 Å². The van der Waals surface area contributed by atoms with Gasteiger partial charge in [0.2, 0.25) is 5.96 Å². The number of halogens is 1. The van der Waals surface area contributed by atoms with Crippen LogP contribution >= 0.6 is 11.6 Å². The number of aromatic carboxylic acids is 1. The number of ether oxygens (including phenoxy) is 2. The number of hydrogen-bond donors (Lipinski definition) is 4. The highest BCUT2D eigenvalue weighted by atomic mass is 35.5. The number of carboxylic acid groups (broad SMARTS) is 1. The van der Waals surface area contributed by atoms with Crippen molar-refractivity contribution in [3.05, 3.63) is 77.3 Å². The zero-order valence-corrected chi connectivity index (χ0v) is 24.9. The minimum Gasteiger partial charge on any atom is -0.545 e. The number of aromatic hydroxyl groups is 1. The summed E-state index contributed by atoms with van der Waals surface area (Å²) in [5.74, 6) is -1.40. The van der Waals surface area contributed by atoms with E-state index in [4.69, 9.17) is 26.8 Å². The van der Waals surface area contributed by atoms with Crippen LogP contribution in [0.5, 0.6) is 5.75 Å². The van der Waals surface area contributed by atoms with E-state index in [1.54, 1.807) is 71.9 Å². The number of alkyl carbamates (subject to hydrolysis) is 2. The Balaban J connectivity index is 0.000000343. The van der Waals surface area contributed by atoms with Gasteiger partial charge in [-0.3, -0.25) is 10.6 Å². The van der Waals surface area contributed by atoms with Gasteiger partial charge in [-0.2, -0.15) is 0 Å². The van der Waals surface area contributed by atoms with Gasteiger partial charge in [0, 0.05) is 16.3 Å². The number of nitrogens with one attached hydrogen (secondary N) is 2. The molecule has 3 rings (SSSR count). The standard InChI is InChI=1S/C18H25N3O6.C12H10ClNO/c1-17(2,3)26-15(24)20-14(21-16(25)27-18(4,5)6)19-12-9-7-11(8-10-12)13(22)23;13-9-4-1-3-8(7-9)12-10(14)5-2-6-11(12)15/h7-10H,1-6H3,(H,22,23)(H2,19,20,21,24,25);1-7,15H,14H2/p-1. The lowest BCUT2D eigenvalue weighted by Crippen LogP contribution is -2.47. The van der Waals surface area contributed by atoms with Crippen molar-refractivity contribution >= 4 is 47.1 Å². The van der Waals surface area contributed by atoms with Crippen molar-refractivity contribution in [3.63, 3.8) is 0 Å². The van der Waals surface area contributed by atoms with Gasteiger partial charge >= 0.3 is 12.2 Å². The van der Waals surface area contributed by atoms with Gasteiger partial charge in [-0.25, -0.2) is 14.6 Å². The molecule has 11 nitrogen and oxygen atoms in total. The maximum Gasteiger partial charge on any atom is 0.414 e. The fourth-order valence-electron chi connectivity index (χ4n) is 3.20. The summed E-state index contributed by atoms with van der Waals surface area (Å²) in [6, 6.07) is 17.6. The monoisotopic (exact) mass is 597 g/mol. The van der Waals surface area contributed by atoms with Crippen molar-refractivity contribution < 1.29 is 34.1 Å². The number of rotatable bonds is 3. The van der Waals surface area contributed by atoms with Crippen molar-refractivity contribution in [2.75, 3.05) is 5.73 Å². The Morgan fingerprint density at radius 2 is 1.38 bits per heavy atom. The minimum atomic E-state index is -1.33. The normalized spacial score (nSPS) is 10.8. The van der Waals surface area contributed by atoms with E-state index in [-0.39, 0.29) is 23.0 Å². The van der Waals surface area contributed by atoms with Crippen LogP contribution in [-0.4, -0.2) is 40.4 Å². The number of nitrogens with zero attached hydrogens (tertiary/aromatic N) is 1. The third-order valence-corrected chi connectivity index (χ3v) is 5.01. The van der Waals surface area contributed by atoms with Crippen molar-refractivity contribution in [3.8, 4) is 16.9 Å². The Hall–Kier alpha value is -4.77. The summed E-state index contributed by atoms with van der Waals surface area (Å²) in [7, 11) is 0. The van der Waals surface area contributed by atoms with E-state index < -0.39 is 29.4 Å². The fourth-order valence-corrected chi connectivity index (χ4v) is 3.40. The Labute approximate surface area is 249 Å². The largest absolute Gasteiger partial charge is 0.545 e. The highest BCUT2D eigenvalue weighted by molar-refractivity contribution is 6.30. The summed E-state index contributed by atoms with van der Waals surface area (Å²) in [5, 5.41) is 25.8. The van der Waals surface area contributed by atoms with E-state index in [9.17, 15) is 24.6 Å². The molecular weight excluding hydrogens is 564 g/mol. The molecule has 0 aliphatic carbocycles. The van der Waals surface area contributed by atoms with Gasteiger partial charge in [0.05, 0.1) is 11.7 Å². The Morgan fingerprint density at radius 3 is 1.83 bits per heavy atom. The van der Waals surface area contributed by atoms with Gasteiger partial charge in [-0.1, -0.05) is 41.9 Å². The van der Waals surface area contributed by atoms with Gasteiger partial charge in [0.1, 0.15) is 17.0 Å². The molecule has 3 aromatic rings. The second-order valence-corrected chi connectivity index (χ2v) is 11.2. The van der Waals surface area contributed by atoms with Gasteiger partial charge in [0.15, 0.2) is 0 Å². The predicted molar refractivity (Wildman–Crippen MR) is 160 cm³/mol. The first-order valence-corrected chi connectivity index (χ1v) is 13.0. The van der Waals surface area contributed by atoms with E-state index in [0.29, 0.717) is 16.3 Å². The molecule has 0 aromatic heterocycles. The molecule has 3 aromatic carbocycles. The first-order valence-electron chi connectivity index (χ1n) is 12.7. The van der Waals surface area contributed by atoms with E-state index in [2.05, 4.69) is 15.6 Å². The molecule has 0 aliphatic rings. The number of benzene rings is 3. The first kappa shape index (κ1) is 33.4. The second kappa shape index (κ2) is 14.2. The molecule has 42 heavy (non-hydrogen) atoms. The molecule has 2 amide bonds. The van der Waals surface area contributed by atoms with Crippen LogP contribution in [0.2, 0.25) is 5.02 Å². The molecule has 0 radical (unpaired) electrons. The number of carbonyl (C=O) groups is 3. The number of nitrogens with two attached hydrogens (primary N) is 1. The van der Waals surface area contributed by atoms with Crippen LogP contribution in [-0.2, 0) is 9.47 Å². The maximum atomic E-state index is 12.0. The molecule has 224 valence electrons. The van der Waals surface area contributed by atoms with E-state index in [1.165, 1.54) is 24.3 Å². The van der Waals surface area contributed by atoms with E-state index in [1.807, 2.05) is 12.1 Å². The number of aliphatic imine (C=N–C) groups is 1. The summed E-state index contributed by atoms with van der Waals surface area (Å²) in [6.45, 7) is 10.1. The molecule has 12 heteroatoms. The number of anilines is 1. The topological polar surface area (TPSA) is 175 Å². The quantitative estimate of drug-likeness (QED) is 0.177. The zero-order valence-electron chi connectivity index (χ0n) is 24.2. The maximum absolute atomic E-state index is 12.0. The number of guanidine groups is 1. The van der Waals surface area contributed by atoms with Crippen LogP contribution in [0.1, 0.15) is 51.9 Å². The summed E-state index contributed by atoms with van der Waals surface area (Å²) < 4.78 is 10.3. The predicted octanol–water partition coefficient (Wildman–Crippen LogP) is 5.38. The molecule has 0 spiro atoms. The van der Waals surface area contributed by atoms with Gasteiger partial charge in [0.25, 0.3) is 0 Å². The van der Waals surface area contributed by atoms with Gasteiger partial charge in [-0.15, -0.1) is 0 Å². The lowest BCUT2D eigenvalue weighted by Gasteiger charge is -2.22. The van der Waals surface area contributed by atoms with E-state index >= 15 is 0 Å². The van der Waals surface area contributed by atoms with Crippen molar-refractivity contribution in [2.24, 2.45) is 4.99 Å². The number of phenolic OH excluding ortho intramolecular Hbond substituents is 1. The fraction of sp³-hybridized carbons (Fsp3) is 0.267. The number of amides is 2. The van der Waals surface area contributed by atoms with E-state index in [0.717, 1.165) is 5.56 Å². The average molecular weight is 598 g/mol. The zero-order chi connectivity index (χ0) is 31.7. The third kappa shape index (κ3) is 11.8. The van der Waals surface area contributed by atoms with Crippen LogP contribution in [0.3, 0.4) is 0 Å². The first-order chi connectivity index (χ1) is 19.4. The van der Waals surface area contributed by atoms with Gasteiger partial charge in [-0.05, 0) is 89.1 Å². The highest BCUT2D eigenvalue weighted by Gasteiger charge is 2.21. The number of carbonyl (C=O) groups excluding carboxylic acids is 3. The molecule has 0 heterocycles. The second-order valence-electron chi connectivity index (χ2n) is 10.8. The summed E-state index contributed by atoms with van der Waals surface area (Å²) in [6.07, 6.45) is -1.66. The van der Waals surface area contributed by atoms with Crippen LogP contribution in [0.15, 0.2) is 71.7 Å². The average Bonchev–Trinajstić information content (AvgIpc) is 2.82. The number of phenols is 1. The van der Waals surface area contributed by atoms with Crippen molar-refractivity contribution in [2.45, 2.75) is 52.7 Å². The molecule has 0 saturated carbocycles. The van der Waals surface area contributed by atoms with Crippen molar-refractivity contribution in [1.29, 1.82) is 0 Å². The highest BCUT2D eigenvalue weighted by Crippen LogP contribution is 2.35. The van der Waals surface area contributed by atoms with Crippen LogP contribution in [0.4, 0.5) is 21.0 Å². The third-order valence-electron chi connectivity index (χ3n) is 4.77. The lowest BCUT2D eigenvalue weighted by atomic mass is 10.0. The molecule has 0 fully saturated rings. The Morgan fingerprint density at radius 1 is 0.857 bits per heavy atom. The van der Waals surface area contributed by atoms with Crippen LogP contribution in [0, 0.1) is 0 Å². The molecule has 0 unspecified atom stereocenters. The molecule has 5 N–H and O–H groups in total. The van der Waals surface area contributed by atoms with Crippen LogP contribution < -0.4 is 21.5 Å². The summed E-state index contributed by atoms with van der Waals surface area (Å²) in [4.78, 5) is 38.8. The molecule has 0 aliphatic heterocycles. The SMILES string of the molecule is CC(C)(C)OC(=O)NC(=Nc1ccc(C(=O)[O-])cc1)NC(=O)OC(C)(C)C.Nc1cccc(O)c1-c1cccc(Cl)c1. The smallest absolute Gasteiger partial charge is 0.414 e. The molecular formula is C30H34ClN4O7-. The lowest BCUT2D eigenvalue weighted by molar-refractivity contribution is -0.255. The summed E-state index contributed by atoms with van der Waals surface area (Å²) >= 11 is 5.88. The van der Waals surface area contributed by atoms with Crippen LogP contribution in [0.25, 0.3) is 11.1 Å². The van der Waals surface area contributed by atoms with Crippen molar-refractivity contribution in [1.82, 2.24) is 10.6 Å². The number of hydrogen-bond acceptors (Lipinski definition) is 9. The summed E-state index contributed by atoms with van der Waals surface area (Å²) in [5.41, 5.74) is 6.52. The Bertz CT molecular complexity index is 1390. The Kier molecular flexibility index (Phi) is 11.3. The number of carboxylic acids is 1. The molecule has 0 saturated heterocycles. The minimum absolute atomic E-state index is 0.0318. The number of nitrogen functional groups attached to an aromatic ring is 1. The molecule has 0 bridgehead atoms. The molecule has 0 atom stereocenters.